The molecular weight excluding hydrogens is 380 g/mol. The summed E-state index contributed by atoms with van der Waals surface area (Å²) in [6, 6.07) is 5.73. The zero-order valence-corrected chi connectivity index (χ0v) is 15.8. The molecule has 0 bridgehead atoms. The summed E-state index contributed by atoms with van der Waals surface area (Å²) in [5, 5.41) is 4.17. The molecule has 2 N–H and O–H groups in total. The van der Waals surface area contributed by atoms with E-state index in [4.69, 9.17) is 4.74 Å². The van der Waals surface area contributed by atoms with Gasteiger partial charge in [-0.2, -0.15) is 0 Å². The molecule has 10 nitrogen and oxygen atoms in total. The van der Waals surface area contributed by atoms with Gasteiger partial charge in [-0.1, -0.05) is 18.2 Å². The molecule has 5 amide bonds. The van der Waals surface area contributed by atoms with Crippen LogP contribution in [0.3, 0.4) is 0 Å². The number of nitrogens with zero attached hydrogens (tertiary/aromatic N) is 2. The van der Waals surface area contributed by atoms with Gasteiger partial charge in [-0.05, 0) is 12.1 Å². The smallest absolute Gasteiger partial charge is 0.354 e. The van der Waals surface area contributed by atoms with Gasteiger partial charge in [0.25, 0.3) is 11.8 Å². The molecule has 0 radical (unpaired) electrons. The van der Waals surface area contributed by atoms with Crippen LogP contribution in [0.2, 0.25) is 0 Å². The molecule has 1 aromatic carbocycles. The van der Waals surface area contributed by atoms with Gasteiger partial charge in [-0.15, -0.1) is 6.58 Å². The third-order valence-electron chi connectivity index (χ3n) is 4.83. The van der Waals surface area contributed by atoms with Gasteiger partial charge in [0, 0.05) is 26.4 Å². The number of benzene rings is 1. The molecule has 0 aromatic heterocycles. The Morgan fingerprint density at radius 3 is 2.69 bits per heavy atom. The fraction of sp³-hybridized carbons (Fsp3) is 0.316. The van der Waals surface area contributed by atoms with E-state index < -0.39 is 36.1 Å². The first-order chi connectivity index (χ1) is 13.9. The van der Waals surface area contributed by atoms with Gasteiger partial charge in [0.1, 0.15) is 0 Å². The van der Waals surface area contributed by atoms with Gasteiger partial charge in [0.15, 0.2) is 6.61 Å². The lowest BCUT2D eigenvalue weighted by molar-refractivity contribution is -0.159. The summed E-state index contributed by atoms with van der Waals surface area (Å²) >= 11 is 0. The number of hydrogen-bond donors (Lipinski definition) is 2. The predicted octanol–water partition coefficient (Wildman–Crippen LogP) is 0.150. The van der Waals surface area contributed by atoms with Crippen molar-refractivity contribution in [3.63, 3.8) is 0 Å². The quantitative estimate of drug-likeness (QED) is 0.535. The van der Waals surface area contributed by atoms with Gasteiger partial charge < -0.3 is 15.0 Å². The number of carbonyl (C=O) groups is 5. The number of hydrogen-bond acceptors (Lipinski definition) is 6. The van der Waals surface area contributed by atoms with E-state index in [1.165, 1.54) is 22.9 Å². The number of esters is 1. The summed E-state index contributed by atoms with van der Waals surface area (Å²) in [4.78, 5) is 64.4. The maximum Gasteiger partial charge on any atom is 0.354 e. The molecule has 1 atom stereocenters. The van der Waals surface area contributed by atoms with Gasteiger partial charge in [0.2, 0.25) is 11.6 Å². The maximum atomic E-state index is 13.1. The number of carbonyl (C=O) groups excluding carboxylic acids is 5. The van der Waals surface area contributed by atoms with E-state index in [2.05, 4.69) is 11.9 Å². The minimum absolute atomic E-state index is 0.00349. The molecule has 2 aliphatic heterocycles. The highest BCUT2D eigenvalue weighted by Crippen LogP contribution is 2.44. The zero-order valence-electron chi connectivity index (χ0n) is 15.8. The molecule has 3 rings (SSSR count). The van der Waals surface area contributed by atoms with E-state index in [1.54, 1.807) is 24.3 Å². The molecule has 152 valence electrons. The molecule has 0 saturated carbocycles. The van der Waals surface area contributed by atoms with Crippen LogP contribution in [0.4, 0.5) is 10.5 Å². The van der Waals surface area contributed by atoms with Crippen LogP contribution in [0.5, 0.6) is 0 Å². The highest BCUT2D eigenvalue weighted by atomic mass is 16.5. The average molecular weight is 400 g/mol. The van der Waals surface area contributed by atoms with Gasteiger partial charge in [0.05, 0.1) is 11.3 Å². The Morgan fingerprint density at radius 2 is 2.00 bits per heavy atom. The number of para-hydroxylation sites is 1. The number of anilines is 1. The third kappa shape index (κ3) is 3.22. The molecule has 0 aliphatic carbocycles. The van der Waals surface area contributed by atoms with Gasteiger partial charge >= 0.3 is 12.0 Å². The summed E-state index contributed by atoms with van der Waals surface area (Å²) in [6.07, 6.45) is 1.48. The lowest BCUT2D eigenvalue weighted by Gasteiger charge is -2.47. The van der Waals surface area contributed by atoms with Gasteiger partial charge in [-0.3, -0.25) is 24.6 Å². The molecule has 1 fully saturated rings. The number of nitrogens with one attached hydrogen (secondary N) is 2. The summed E-state index contributed by atoms with van der Waals surface area (Å²) < 4.78 is 5.13. The molecule has 2 aliphatic rings. The molecule has 10 heteroatoms. The van der Waals surface area contributed by atoms with Crippen LogP contribution in [0.1, 0.15) is 23.2 Å². The number of amides is 5. The SMILES string of the molecule is C=CCN1C(=O)c2ccccc2N2C(=O)CC[C@@]12C(=O)OCC(=O)NC(=O)NC. The van der Waals surface area contributed by atoms with Crippen molar-refractivity contribution in [1.82, 2.24) is 15.5 Å². The molecule has 29 heavy (non-hydrogen) atoms. The van der Waals surface area contributed by atoms with E-state index in [9.17, 15) is 24.0 Å². The zero-order chi connectivity index (χ0) is 21.2. The van der Waals surface area contributed by atoms with Crippen LogP contribution in [-0.4, -0.2) is 60.5 Å². The first-order valence-electron chi connectivity index (χ1n) is 8.90. The summed E-state index contributed by atoms with van der Waals surface area (Å²) in [5.41, 5.74) is -1.12. The van der Waals surface area contributed by atoms with Crippen molar-refractivity contribution in [1.29, 1.82) is 0 Å². The molecule has 0 spiro atoms. The van der Waals surface area contributed by atoms with Crippen molar-refractivity contribution in [2.75, 3.05) is 25.1 Å². The predicted molar refractivity (Wildman–Crippen MR) is 101 cm³/mol. The summed E-state index contributed by atoms with van der Waals surface area (Å²) in [6.45, 7) is 2.88. The van der Waals surface area contributed by atoms with Crippen LogP contribution in [0.25, 0.3) is 0 Å². The Balaban J connectivity index is 1.97. The number of rotatable bonds is 5. The minimum atomic E-state index is -1.72. The van der Waals surface area contributed by atoms with Crippen molar-refractivity contribution in [2.24, 2.45) is 0 Å². The number of fused-ring (bicyclic) bond motifs is 3. The van der Waals surface area contributed by atoms with Crippen LogP contribution >= 0.6 is 0 Å². The van der Waals surface area contributed by atoms with E-state index >= 15 is 0 Å². The molecule has 1 aromatic rings. The fourth-order valence-corrected chi connectivity index (χ4v) is 3.60. The molecular formula is C19H20N4O6. The first-order valence-corrected chi connectivity index (χ1v) is 8.90. The molecule has 0 unspecified atom stereocenters. The molecule has 2 heterocycles. The minimum Gasteiger partial charge on any atom is -0.452 e. The monoisotopic (exact) mass is 400 g/mol. The van der Waals surface area contributed by atoms with Crippen molar-refractivity contribution in [3.05, 3.63) is 42.5 Å². The second-order valence-electron chi connectivity index (χ2n) is 6.47. The van der Waals surface area contributed by atoms with E-state index in [0.29, 0.717) is 5.69 Å². The topological polar surface area (TPSA) is 125 Å². The largest absolute Gasteiger partial charge is 0.452 e. The average Bonchev–Trinajstić information content (AvgIpc) is 3.07. The third-order valence-corrected chi connectivity index (χ3v) is 4.83. The lowest BCUT2D eigenvalue weighted by Crippen LogP contribution is -2.68. The second kappa shape index (κ2) is 7.74. The Labute approximate surface area is 166 Å². The number of urea groups is 1. The first kappa shape index (κ1) is 20.1. The van der Waals surface area contributed by atoms with E-state index in [1.807, 2.05) is 5.32 Å². The van der Waals surface area contributed by atoms with Crippen LogP contribution < -0.4 is 15.5 Å². The highest BCUT2D eigenvalue weighted by molar-refractivity contribution is 6.15. The summed E-state index contributed by atoms with van der Waals surface area (Å²) in [5.74, 6) is -2.56. The number of ether oxygens (including phenoxy) is 1. The van der Waals surface area contributed by atoms with Crippen molar-refractivity contribution in [3.8, 4) is 0 Å². The highest BCUT2D eigenvalue weighted by Gasteiger charge is 2.61. The van der Waals surface area contributed by atoms with Gasteiger partial charge in [-0.25, -0.2) is 9.59 Å². The lowest BCUT2D eigenvalue weighted by atomic mass is 9.96. The fourth-order valence-electron chi connectivity index (χ4n) is 3.60. The Hall–Kier alpha value is -3.69. The Bertz CT molecular complexity index is 914. The van der Waals surface area contributed by atoms with Crippen LogP contribution in [0, 0.1) is 0 Å². The number of imide groups is 1. The molecule has 1 saturated heterocycles. The van der Waals surface area contributed by atoms with Crippen molar-refractivity contribution >= 4 is 35.4 Å². The second-order valence-corrected chi connectivity index (χ2v) is 6.47. The van der Waals surface area contributed by atoms with Crippen molar-refractivity contribution < 1.29 is 28.7 Å². The van der Waals surface area contributed by atoms with E-state index in [-0.39, 0.29) is 30.9 Å². The van der Waals surface area contributed by atoms with Crippen LogP contribution in [0.15, 0.2) is 36.9 Å². The normalized spacial score (nSPS) is 19.9. The van der Waals surface area contributed by atoms with Crippen LogP contribution in [-0.2, 0) is 19.1 Å². The Kier molecular flexibility index (Phi) is 5.35. The van der Waals surface area contributed by atoms with Crippen molar-refractivity contribution in [2.45, 2.75) is 18.5 Å². The summed E-state index contributed by atoms with van der Waals surface area (Å²) in [7, 11) is 1.33. The maximum absolute atomic E-state index is 13.1. The standard InChI is InChI=1S/C19H20N4O6/c1-3-10-22-16(26)12-6-4-5-7-13(12)23-15(25)8-9-19(22,23)17(27)29-11-14(24)21-18(28)20-2/h3-7H,1,8-11H2,2H3,(H2,20,21,24,28)/t19-/m1/s1. The van der Waals surface area contributed by atoms with E-state index in [0.717, 1.165) is 0 Å². The Morgan fingerprint density at radius 1 is 1.28 bits per heavy atom.